The molecule has 0 saturated carbocycles. The number of ketones is 2. The van der Waals surface area contributed by atoms with Gasteiger partial charge < -0.3 is 9.97 Å². The number of H-pyrrole nitrogens is 2. The lowest BCUT2D eigenvalue weighted by atomic mass is 9.99. The van der Waals surface area contributed by atoms with Crippen LogP contribution in [0.15, 0.2) is 12.4 Å². The van der Waals surface area contributed by atoms with Crippen LogP contribution >= 0.6 is 0 Å². The Kier molecular flexibility index (Phi) is 4.46. The lowest BCUT2D eigenvalue weighted by Crippen LogP contribution is -2.05. The second kappa shape index (κ2) is 6.12. The predicted molar refractivity (Wildman–Crippen MR) is 83.2 cm³/mol. The average molecular weight is 286 g/mol. The molecule has 0 fully saturated rings. The van der Waals surface area contributed by atoms with Gasteiger partial charge in [-0.3, -0.25) is 9.59 Å². The third-order valence-electron chi connectivity index (χ3n) is 3.91. The SMILES string of the molecule is CCc1c[nH]c(Cc2[nH]cc(CC)c2C(C)=O)c1C(C)=O. The van der Waals surface area contributed by atoms with Gasteiger partial charge in [-0.05, 0) is 37.8 Å². The molecule has 0 atom stereocenters. The number of hydrogen-bond donors (Lipinski definition) is 2. The van der Waals surface area contributed by atoms with Crippen LogP contribution in [-0.4, -0.2) is 21.5 Å². The van der Waals surface area contributed by atoms with Gasteiger partial charge in [0.05, 0.1) is 0 Å². The van der Waals surface area contributed by atoms with E-state index in [1.807, 2.05) is 26.2 Å². The van der Waals surface area contributed by atoms with Gasteiger partial charge in [-0.2, -0.15) is 0 Å². The van der Waals surface area contributed by atoms with Crippen molar-refractivity contribution >= 4 is 11.6 Å². The molecular weight excluding hydrogens is 264 g/mol. The van der Waals surface area contributed by atoms with E-state index < -0.39 is 0 Å². The van der Waals surface area contributed by atoms with Gasteiger partial charge in [-0.15, -0.1) is 0 Å². The predicted octanol–water partition coefficient (Wildman–Crippen LogP) is 3.46. The molecule has 2 rings (SSSR count). The van der Waals surface area contributed by atoms with Crippen molar-refractivity contribution in [2.24, 2.45) is 0 Å². The van der Waals surface area contributed by atoms with Crippen LogP contribution in [0.3, 0.4) is 0 Å². The number of carbonyl (C=O) groups excluding carboxylic acids is 2. The van der Waals surface area contributed by atoms with Crippen molar-refractivity contribution < 1.29 is 9.59 Å². The third kappa shape index (κ3) is 2.84. The van der Waals surface area contributed by atoms with E-state index >= 15 is 0 Å². The summed E-state index contributed by atoms with van der Waals surface area (Å²) in [6.07, 6.45) is 5.96. The van der Waals surface area contributed by atoms with E-state index in [4.69, 9.17) is 0 Å². The van der Waals surface area contributed by atoms with Gasteiger partial charge in [0, 0.05) is 41.3 Å². The van der Waals surface area contributed by atoms with E-state index in [2.05, 4.69) is 9.97 Å². The zero-order chi connectivity index (χ0) is 15.6. The Balaban J connectivity index is 2.44. The Morgan fingerprint density at radius 3 is 1.52 bits per heavy atom. The zero-order valence-corrected chi connectivity index (χ0v) is 13.1. The van der Waals surface area contributed by atoms with Crippen molar-refractivity contribution in [2.45, 2.75) is 47.0 Å². The minimum atomic E-state index is 0.0646. The first-order valence-electron chi connectivity index (χ1n) is 7.39. The molecule has 112 valence electrons. The minimum Gasteiger partial charge on any atom is -0.364 e. The van der Waals surface area contributed by atoms with Crippen LogP contribution in [0.2, 0.25) is 0 Å². The fourth-order valence-corrected chi connectivity index (χ4v) is 2.92. The van der Waals surface area contributed by atoms with E-state index in [0.717, 1.165) is 46.5 Å². The summed E-state index contributed by atoms with van der Waals surface area (Å²) < 4.78 is 0. The number of Topliss-reactive ketones (excluding diaryl/α,β-unsaturated/α-hetero) is 2. The van der Waals surface area contributed by atoms with Gasteiger partial charge in [0.1, 0.15) is 0 Å². The highest BCUT2D eigenvalue weighted by atomic mass is 16.1. The lowest BCUT2D eigenvalue weighted by Gasteiger charge is -2.05. The second-order valence-electron chi connectivity index (χ2n) is 5.33. The summed E-state index contributed by atoms with van der Waals surface area (Å²) in [6.45, 7) is 7.24. The van der Waals surface area contributed by atoms with Crippen LogP contribution < -0.4 is 0 Å². The van der Waals surface area contributed by atoms with Gasteiger partial charge in [-0.25, -0.2) is 0 Å². The Morgan fingerprint density at radius 2 is 1.24 bits per heavy atom. The molecule has 2 N–H and O–H groups in total. The quantitative estimate of drug-likeness (QED) is 0.799. The van der Waals surface area contributed by atoms with Crippen LogP contribution in [0.1, 0.15) is 70.9 Å². The highest BCUT2D eigenvalue weighted by Gasteiger charge is 2.19. The maximum Gasteiger partial charge on any atom is 0.161 e. The number of hydrogen-bond acceptors (Lipinski definition) is 2. The Bertz CT molecular complexity index is 619. The fraction of sp³-hybridized carbons (Fsp3) is 0.412. The maximum absolute atomic E-state index is 11.9. The molecule has 0 aliphatic heterocycles. The van der Waals surface area contributed by atoms with E-state index in [9.17, 15) is 9.59 Å². The first kappa shape index (κ1) is 15.3. The van der Waals surface area contributed by atoms with E-state index in [1.54, 1.807) is 13.8 Å². The maximum atomic E-state index is 11.9. The lowest BCUT2D eigenvalue weighted by molar-refractivity contribution is 0.100. The highest BCUT2D eigenvalue weighted by Crippen LogP contribution is 2.23. The van der Waals surface area contributed by atoms with Crippen LogP contribution in [0.4, 0.5) is 0 Å². The monoisotopic (exact) mass is 286 g/mol. The fourth-order valence-electron chi connectivity index (χ4n) is 2.92. The molecule has 21 heavy (non-hydrogen) atoms. The average Bonchev–Trinajstić information content (AvgIpc) is 3.02. The van der Waals surface area contributed by atoms with Crippen molar-refractivity contribution in [1.82, 2.24) is 9.97 Å². The molecule has 0 aliphatic rings. The summed E-state index contributed by atoms with van der Waals surface area (Å²) in [5.74, 6) is 0.129. The summed E-state index contributed by atoms with van der Waals surface area (Å²) >= 11 is 0. The largest absolute Gasteiger partial charge is 0.364 e. The van der Waals surface area contributed by atoms with Crippen molar-refractivity contribution in [3.63, 3.8) is 0 Å². The second-order valence-corrected chi connectivity index (χ2v) is 5.33. The van der Waals surface area contributed by atoms with Crippen LogP contribution in [0, 0.1) is 0 Å². The van der Waals surface area contributed by atoms with Gasteiger partial charge in [-0.1, -0.05) is 13.8 Å². The summed E-state index contributed by atoms with van der Waals surface area (Å²) in [5.41, 5.74) is 5.35. The molecule has 4 nitrogen and oxygen atoms in total. The number of aromatic nitrogens is 2. The third-order valence-corrected chi connectivity index (χ3v) is 3.91. The van der Waals surface area contributed by atoms with Crippen molar-refractivity contribution in [1.29, 1.82) is 0 Å². The molecule has 4 heteroatoms. The Hall–Kier alpha value is -2.10. The number of aromatic amines is 2. The summed E-state index contributed by atoms with van der Waals surface area (Å²) in [6, 6.07) is 0. The van der Waals surface area contributed by atoms with Crippen LogP contribution in [-0.2, 0) is 19.3 Å². The van der Waals surface area contributed by atoms with Gasteiger partial charge >= 0.3 is 0 Å². The number of carbonyl (C=O) groups is 2. The normalized spacial score (nSPS) is 10.9. The van der Waals surface area contributed by atoms with Crippen LogP contribution in [0.5, 0.6) is 0 Å². The van der Waals surface area contributed by atoms with E-state index in [0.29, 0.717) is 6.42 Å². The molecule has 0 aliphatic carbocycles. The molecular formula is C17H22N2O2. The molecule has 2 aromatic rings. The first-order valence-corrected chi connectivity index (χ1v) is 7.39. The van der Waals surface area contributed by atoms with E-state index in [1.165, 1.54) is 0 Å². The van der Waals surface area contributed by atoms with Crippen LogP contribution in [0.25, 0.3) is 0 Å². The standard InChI is InChI=1S/C17H22N2O2/c1-5-12-8-18-14(16(12)10(3)20)7-15-17(11(4)21)13(6-2)9-19-15/h8-9,18-19H,5-7H2,1-4H3. The van der Waals surface area contributed by atoms with Gasteiger partial charge in [0.2, 0.25) is 0 Å². The topological polar surface area (TPSA) is 65.7 Å². The Morgan fingerprint density at radius 1 is 0.857 bits per heavy atom. The zero-order valence-electron chi connectivity index (χ0n) is 13.1. The first-order chi connectivity index (χ1) is 9.99. The molecule has 0 radical (unpaired) electrons. The van der Waals surface area contributed by atoms with Crippen molar-refractivity contribution in [3.8, 4) is 0 Å². The van der Waals surface area contributed by atoms with Crippen molar-refractivity contribution in [2.75, 3.05) is 0 Å². The molecule has 2 aromatic heterocycles. The molecule has 0 unspecified atom stereocenters. The number of aryl methyl sites for hydroxylation is 2. The minimum absolute atomic E-state index is 0.0646. The molecule has 0 bridgehead atoms. The molecule has 0 amide bonds. The molecule has 0 aromatic carbocycles. The smallest absolute Gasteiger partial charge is 0.161 e. The van der Waals surface area contributed by atoms with Crippen molar-refractivity contribution in [3.05, 3.63) is 46.0 Å². The summed E-state index contributed by atoms with van der Waals surface area (Å²) in [4.78, 5) is 30.2. The number of nitrogens with one attached hydrogen (secondary N) is 2. The highest BCUT2D eigenvalue weighted by molar-refractivity contribution is 5.98. The van der Waals surface area contributed by atoms with Gasteiger partial charge in [0.15, 0.2) is 11.6 Å². The number of rotatable bonds is 6. The molecule has 0 spiro atoms. The van der Waals surface area contributed by atoms with E-state index in [-0.39, 0.29) is 11.6 Å². The summed E-state index contributed by atoms with van der Waals surface area (Å²) in [7, 11) is 0. The molecule has 0 saturated heterocycles. The van der Waals surface area contributed by atoms with Gasteiger partial charge in [0.25, 0.3) is 0 Å². The Labute approximate surface area is 125 Å². The summed E-state index contributed by atoms with van der Waals surface area (Å²) in [5, 5.41) is 0. The molecule has 2 heterocycles.